The van der Waals surface area contributed by atoms with Crippen molar-refractivity contribution in [1.82, 2.24) is 21.3 Å². The van der Waals surface area contributed by atoms with Gasteiger partial charge in [0.05, 0.1) is 12.1 Å². The highest BCUT2D eigenvalue weighted by atomic mass is 16.3. The van der Waals surface area contributed by atoms with E-state index in [4.69, 9.17) is 0 Å². The Bertz CT molecular complexity index is 803. The van der Waals surface area contributed by atoms with E-state index in [2.05, 4.69) is 21.3 Å². The van der Waals surface area contributed by atoms with Crippen molar-refractivity contribution in [3.05, 3.63) is 71.8 Å². The molecule has 0 saturated heterocycles. The molecule has 8 heteroatoms. The fourth-order valence-corrected chi connectivity index (χ4v) is 3.67. The number of aliphatic hydroxyl groups is 2. The minimum Gasteiger partial charge on any atom is -0.388 e. The normalized spacial score (nSPS) is 14.7. The van der Waals surface area contributed by atoms with Crippen LogP contribution >= 0.6 is 0 Å². The molecule has 0 unspecified atom stereocenters. The van der Waals surface area contributed by atoms with Crippen molar-refractivity contribution < 1.29 is 19.8 Å². The molecule has 0 spiro atoms. The molecular formula is C26H38N4O4. The third-order valence-electron chi connectivity index (χ3n) is 5.24. The lowest BCUT2D eigenvalue weighted by atomic mass is 9.91. The molecule has 4 atom stereocenters. The van der Waals surface area contributed by atoms with E-state index in [1.54, 1.807) is 0 Å². The first kappa shape index (κ1) is 27.1. The molecule has 4 amide bonds. The van der Waals surface area contributed by atoms with Crippen LogP contribution in [0.3, 0.4) is 0 Å². The van der Waals surface area contributed by atoms with Crippen LogP contribution in [0.1, 0.15) is 38.8 Å². The zero-order valence-electron chi connectivity index (χ0n) is 20.4. The highest BCUT2D eigenvalue weighted by Crippen LogP contribution is 2.15. The highest BCUT2D eigenvalue weighted by molar-refractivity contribution is 5.75. The first-order valence-electron chi connectivity index (χ1n) is 11.7. The molecule has 8 nitrogen and oxygen atoms in total. The minimum atomic E-state index is -1.34. The third kappa shape index (κ3) is 9.41. The van der Waals surface area contributed by atoms with E-state index >= 15 is 0 Å². The molecule has 0 aromatic heterocycles. The molecule has 186 valence electrons. The van der Waals surface area contributed by atoms with Gasteiger partial charge in [0.1, 0.15) is 12.2 Å². The molecule has 0 bridgehead atoms. The van der Waals surface area contributed by atoms with Crippen LogP contribution in [0.15, 0.2) is 60.7 Å². The summed E-state index contributed by atoms with van der Waals surface area (Å²) in [5.41, 5.74) is 1.79. The van der Waals surface area contributed by atoms with E-state index in [1.165, 1.54) is 0 Å². The number of carbonyl (C=O) groups excluding carboxylic acids is 2. The zero-order valence-corrected chi connectivity index (χ0v) is 20.4. The van der Waals surface area contributed by atoms with Crippen LogP contribution in [0.5, 0.6) is 0 Å². The van der Waals surface area contributed by atoms with Crippen molar-refractivity contribution in [2.24, 2.45) is 0 Å². The van der Waals surface area contributed by atoms with Crippen LogP contribution in [-0.4, -0.2) is 58.7 Å². The standard InChI is InChI=1S/C26H38N4O4/c1-17(2)27-25(33)29-21(15-19-11-7-5-8-12-19)23(31)24(32)22(30-26(34)28-18(3)4)16-20-13-9-6-10-14-20/h5-14,17-18,21-24,31-32H,15-16H2,1-4H3,(H2,27,29,33)(H2,28,30,34)/t21-,22-,23-,24+/m0/s1. The number of amides is 4. The molecule has 0 saturated carbocycles. The molecule has 34 heavy (non-hydrogen) atoms. The monoisotopic (exact) mass is 470 g/mol. The second-order valence-electron chi connectivity index (χ2n) is 9.12. The molecule has 0 aliphatic heterocycles. The molecule has 0 radical (unpaired) electrons. The molecular weight excluding hydrogens is 432 g/mol. The van der Waals surface area contributed by atoms with Crippen molar-refractivity contribution in [3.8, 4) is 0 Å². The lowest BCUT2D eigenvalue weighted by Crippen LogP contribution is -2.59. The van der Waals surface area contributed by atoms with Gasteiger partial charge in [-0.05, 0) is 51.7 Å². The van der Waals surface area contributed by atoms with Crippen molar-refractivity contribution in [3.63, 3.8) is 0 Å². The predicted molar refractivity (Wildman–Crippen MR) is 133 cm³/mol. The summed E-state index contributed by atoms with van der Waals surface area (Å²) in [5, 5.41) is 33.5. The third-order valence-corrected chi connectivity index (χ3v) is 5.24. The molecule has 2 aromatic carbocycles. The van der Waals surface area contributed by atoms with Crippen LogP contribution in [0.25, 0.3) is 0 Å². The van der Waals surface area contributed by atoms with Crippen LogP contribution in [-0.2, 0) is 12.8 Å². The molecule has 6 N–H and O–H groups in total. The van der Waals surface area contributed by atoms with E-state index in [1.807, 2.05) is 88.4 Å². The molecule has 0 fully saturated rings. The van der Waals surface area contributed by atoms with E-state index in [0.717, 1.165) is 11.1 Å². The van der Waals surface area contributed by atoms with Gasteiger partial charge in [0.15, 0.2) is 0 Å². The van der Waals surface area contributed by atoms with Gasteiger partial charge in [0.25, 0.3) is 0 Å². The second-order valence-corrected chi connectivity index (χ2v) is 9.12. The Hall–Kier alpha value is -3.10. The van der Waals surface area contributed by atoms with E-state index in [9.17, 15) is 19.8 Å². The van der Waals surface area contributed by atoms with Crippen molar-refractivity contribution in [1.29, 1.82) is 0 Å². The zero-order chi connectivity index (χ0) is 25.1. The summed E-state index contributed by atoms with van der Waals surface area (Å²) in [6.07, 6.45) is -2.07. The molecule has 0 aliphatic rings. The van der Waals surface area contributed by atoms with Crippen LogP contribution in [0.4, 0.5) is 9.59 Å². The SMILES string of the molecule is CC(C)NC(=O)N[C@@H](Cc1ccccc1)[C@H](O)[C@H](O)[C@H](Cc1ccccc1)NC(=O)NC(C)C. The lowest BCUT2D eigenvalue weighted by molar-refractivity contribution is -0.0198. The Morgan fingerprint density at radius 2 is 0.941 bits per heavy atom. The summed E-state index contributed by atoms with van der Waals surface area (Å²) in [5.74, 6) is 0. The van der Waals surface area contributed by atoms with E-state index in [-0.39, 0.29) is 12.1 Å². The number of benzene rings is 2. The number of carbonyl (C=O) groups is 2. The average Bonchev–Trinajstić information content (AvgIpc) is 2.77. The predicted octanol–water partition coefficient (Wildman–Crippen LogP) is 2.35. The number of hydrogen-bond acceptors (Lipinski definition) is 4. The van der Waals surface area contributed by atoms with Crippen LogP contribution in [0, 0.1) is 0 Å². The summed E-state index contributed by atoms with van der Waals surface area (Å²) in [6, 6.07) is 16.2. The van der Waals surface area contributed by atoms with Gasteiger partial charge in [0.2, 0.25) is 0 Å². The maximum atomic E-state index is 12.4. The van der Waals surface area contributed by atoms with Crippen molar-refractivity contribution >= 4 is 12.1 Å². The first-order chi connectivity index (χ1) is 16.2. The lowest BCUT2D eigenvalue weighted by Gasteiger charge is -2.33. The molecule has 2 rings (SSSR count). The van der Waals surface area contributed by atoms with E-state index in [0.29, 0.717) is 12.8 Å². The van der Waals surface area contributed by atoms with Gasteiger partial charge in [-0.2, -0.15) is 0 Å². The van der Waals surface area contributed by atoms with Gasteiger partial charge in [-0.15, -0.1) is 0 Å². The second kappa shape index (κ2) is 13.6. The minimum absolute atomic E-state index is 0.0910. The number of nitrogens with one attached hydrogen (secondary N) is 4. The Morgan fingerprint density at radius 1 is 0.618 bits per heavy atom. The topological polar surface area (TPSA) is 123 Å². The van der Waals surface area contributed by atoms with Gasteiger partial charge in [-0.3, -0.25) is 0 Å². The first-order valence-corrected chi connectivity index (χ1v) is 11.7. The maximum Gasteiger partial charge on any atom is 0.315 e. The average molecular weight is 471 g/mol. The summed E-state index contributed by atoms with van der Waals surface area (Å²) in [4.78, 5) is 24.9. The largest absolute Gasteiger partial charge is 0.388 e. The number of hydrogen-bond donors (Lipinski definition) is 6. The Balaban J connectivity index is 2.25. The summed E-state index contributed by atoms with van der Waals surface area (Å²) < 4.78 is 0. The summed E-state index contributed by atoms with van der Waals surface area (Å²) in [7, 11) is 0. The summed E-state index contributed by atoms with van der Waals surface area (Å²) >= 11 is 0. The van der Waals surface area contributed by atoms with Gasteiger partial charge in [0, 0.05) is 12.1 Å². The number of urea groups is 2. The highest BCUT2D eigenvalue weighted by Gasteiger charge is 2.34. The fourth-order valence-electron chi connectivity index (χ4n) is 3.67. The summed E-state index contributed by atoms with van der Waals surface area (Å²) in [6.45, 7) is 7.35. The fraction of sp³-hybridized carbons (Fsp3) is 0.462. The Morgan fingerprint density at radius 3 is 1.24 bits per heavy atom. The van der Waals surface area contributed by atoms with Crippen LogP contribution in [0.2, 0.25) is 0 Å². The Kier molecular flexibility index (Phi) is 10.8. The van der Waals surface area contributed by atoms with Gasteiger partial charge in [-0.1, -0.05) is 60.7 Å². The van der Waals surface area contributed by atoms with Crippen molar-refractivity contribution in [2.45, 2.75) is 76.9 Å². The Labute approximate surface area is 202 Å². The molecule has 0 heterocycles. The number of aliphatic hydroxyl groups excluding tert-OH is 2. The number of rotatable bonds is 11. The van der Waals surface area contributed by atoms with Gasteiger partial charge >= 0.3 is 12.1 Å². The quantitative estimate of drug-likeness (QED) is 0.302. The molecule has 2 aromatic rings. The van der Waals surface area contributed by atoms with E-state index < -0.39 is 36.4 Å². The van der Waals surface area contributed by atoms with Crippen molar-refractivity contribution in [2.75, 3.05) is 0 Å². The molecule has 0 aliphatic carbocycles. The van der Waals surface area contributed by atoms with Gasteiger partial charge < -0.3 is 31.5 Å². The van der Waals surface area contributed by atoms with Gasteiger partial charge in [-0.25, -0.2) is 9.59 Å². The maximum absolute atomic E-state index is 12.4. The van der Waals surface area contributed by atoms with Crippen LogP contribution < -0.4 is 21.3 Å². The smallest absolute Gasteiger partial charge is 0.315 e.